The van der Waals surface area contributed by atoms with Gasteiger partial charge in [0.2, 0.25) is 0 Å². The number of halogens is 2. The normalized spacial score (nSPS) is 12.8. The van der Waals surface area contributed by atoms with E-state index in [1.807, 2.05) is 72.8 Å². The fourth-order valence-corrected chi connectivity index (χ4v) is 4.44. The molecule has 2 aromatic heterocycles. The molecule has 2 heterocycles. The molecule has 0 saturated carbocycles. The predicted molar refractivity (Wildman–Crippen MR) is 135 cm³/mol. The van der Waals surface area contributed by atoms with Crippen LogP contribution in [0.1, 0.15) is 34.1 Å². The Morgan fingerprint density at radius 2 is 0.938 bits per heavy atom. The van der Waals surface area contributed by atoms with E-state index in [-0.39, 0.29) is 17.6 Å². The Balaban J connectivity index is 1.73. The lowest BCUT2D eigenvalue weighted by Gasteiger charge is -2.24. The highest BCUT2D eigenvalue weighted by Crippen LogP contribution is 2.33. The molecule has 0 aliphatic heterocycles. The molecule has 0 aliphatic carbocycles. The van der Waals surface area contributed by atoms with Crippen LogP contribution in [0.3, 0.4) is 0 Å². The van der Waals surface area contributed by atoms with E-state index < -0.39 is 0 Å². The van der Waals surface area contributed by atoms with Gasteiger partial charge in [0.05, 0.1) is 0 Å². The van der Waals surface area contributed by atoms with Crippen molar-refractivity contribution in [3.63, 3.8) is 0 Å². The Bertz CT molecular complexity index is 1050. The summed E-state index contributed by atoms with van der Waals surface area (Å²) in [6, 6.07) is 24.1. The standard InChI is InChI=1S/C27H22Br2N2O/c28-23-5-1-21(2-6-23)25(17-19-9-13-30-14-10-19)27(32)26(18-20-11-15-31-16-12-20)22-3-7-24(29)8-4-22/h1-16,25-26H,17-18H2. The Morgan fingerprint density at radius 1 is 0.594 bits per heavy atom. The molecule has 0 amide bonds. The smallest absolute Gasteiger partial charge is 0.148 e. The molecule has 5 heteroatoms. The maximum atomic E-state index is 14.2. The number of aromatic nitrogens is 2. The fourth-order valence-electron chi connectivity index (χ4n) is 3.91. The van der Waals surface area contributed by atoms with Gasteiger partial charge >= 0.3 is 0 Å². The van der Waals surface area contributed by atoms with Crippen molar-refractivity contribution in [2.45, 2.75) is 24.7 Å². The van der Waals surface area contributed by atoms with E-state index in [9.17, 15) is 4.79 Å². The third-order valence-corrected chi connectivity index (χ3v) is 6.67. The van der Waals surface area contributed by atoms with Gasteiger partial charge in [0.1, 0.15) is 5.78 Å². The van der Waals surface area contributed by atoms with Crippen LogP contribution in [-0.4, -0.2) is 15.8 Å². The molecule has 4 aromatic rings. The van der Waals surface area contributed by atoms with E-state index >= 15 is 0 Å². The Labute approximate surface area is 205 Å². The molecule has 2 aromatic carbocycles. The van der Waals surface area contributed by atoms with Crippen LogP contribution in [-0.2, 0) is 17.6 Å². The fraction of sp³-hybridized carbons (Fsp3) is 0.148. The summed E-state index contributed by atoms with van der Waals surface area (Å²) in [5, 5.41) is 0. The maximum Gasteiger partial charge on any atom is 0.148 e. The molecule has 32 heavy (non-hydrogen) atoms. The molecule has 0 saturated heterocycles. The lowest BCUT2D eigenvalue weighted by molar-refractivity contribution is -0.122. The number of Topliss-reactive ketones (excluding diaryl/α,β-unsaturated/α-hetero) is 1. The topological polar surface area (TPSA) is 42.9 Å². The Kier molecular flexibility index (Phi) is 7.61. The number of pyridine rings is 2. The summed E-state index contributed by atoms with van der Waals surface area (Å²) in [6.45, 7) is 0. The molecule has 0 bridgehead atoms. The molecule has 2 unspecified atom stereocenters. The van der Waals surface area contributed by atoms with Gasteiger partial charge in [-0.05, 0) is 83.6 Å². The quantitative estimate of drug-likeness (QED) is 0.239. The summed E-state index contributed by atoms with van der Waals surface area (Å²) in [5.74, 6) is -0.315. The molecule has 0 N–H and O–H groups in total. The molecule has 160 valence electrons. The number of nitrogens with zero attached hydrogens (tertiary/aromatic N) is 2. The van der Waals surface area contributed by atoms with E-state index in [1.165, 1.54) is 0 Å². The van der Waals surface area contributed by atoms with Crippen molar-refractivity contribution >= 4 is 37.6 Å². The number of benzene rings is 2. The van der Waals surface area contributed by atoms with E-state index in [2.05, 4.69) is 41.8 Å². The Morgan fingerprint density at radius 3 is 1.28 bits per heavy atom. The van der Waals surface area contributed by atoms with Crippen molar-refractivity contribution in [2.24, 2.45) is 0 Å². The van der Waals surface area contributed by atoms with E-state index in [4.69, 9.17) is 0 Å². The first-order valence-corrected chi connectivity index (χ1v) is 12.0. The van der Waals surface area contributed by atoms with Crippen LogP contribution in [0.5, 0.6) is 0 Å². The average molecular weight is 550 g/mol. The van der Waals surface area contributed by atoms with Crippen LogP contribution in [0.2, 0.25) is 0 Å². The minimum Gasteiger partial charge on any atom is -0.298 e. The largest absolute Gasteiger partial charge is 0.298 e. The van der Waals surface area contributed by atoms with Gasteiger partial charge in [0.15, 0.2) is 0 Å². The summed E-state index contributed by atoms with van der Waals surface area (Å²) in [6.07, 6.45) is 8.38. The number of carbonyl (C=O) groups excluding carboxylic acids is 1. The van der Waals surface area contributed by atoms with Gasteiger partial charge in [-0.15, -0.1) is 0 Å². The SMILES string of the molecule is O=C(C(Cc1ccncc1)c1ccc(Br)cc1)C(Cc1ccncc1)c1ccc(Br)cc1. The number of hydrogen-bond acceptors (Lipinski definition) is 3. The lowest BCUT2D eigenvalue weighted by atomic mass is 9.78. The van der Waals surface area contributed by atoms with E-state index in [0.29, 0.717) is 12.8 Å². The van der Waals surface area contributed by atoms with Gasteiger partial charge in [-0.2, -0.15) is 0 Å². The first kappa shape index (κ1) is 22.6. The number of carbonyl (C=O) groups is 1. The van der Waals surface area contributed by atoms with Gasteiger partial charge in [0, 0.05) is 45.6 Å². The Hall–Kier alpha value is -2.63. The summed E-state index contributed by atoms with van der Waals surface area (Å²) in [5.41, 5.74) is 4.23. The molecule has 2 atom stereocenters. The summed E-state index contributed by atoms with van der Waals surface area (Å²) in [7, 11) is 0. The molecular formula is C27H22Br2N2O. The van der Waals surface area contributed by atoms with Crippen molar-refractivity contribution in [1.29, 1.82) is 0 Å². The molecule has 0 radical (unpaired) electrons. The third kappa shape index (κ3) is 5.78. The molecular weight excluding hydrogens is 528 g/mol. The first-order valence-electron chi connectivity index (χ1n) is 10.4. The summed E-state index contributed by atoms with van der Waals surface area (Å²) in [4.78, 5) is 22.4. The van der Waals surface area contributed by atoms with Crippen molar-refractivity contribution in [3.05, 3.63) is 129 Å². The zero-order valence-corrected chi connectivity index (χ0v) is 20.5. The highest BCUT2D eigenvalue weighted by atomic mass is 79.9. The van der Waals surface area contributed by atoms with Crippen molar-refractivity contribution in [3.8, 4) is 0 Å². The van der Waals surface area contributed by atoms with Gasteiger partial charge in [-0.25, -0.2) is 0 Å². The van der Waals surface area contributed by atoms with Crippen LogP contribution < -0.4 is 0 Å². The first-order chi connectivity index (χ1) is 15.6. The number of ketones is 1. The van der Waals surface area contributed by atoms with E-state index in [0.717, 1.165) is 31.2 Å². The van der Waals surface area contributed by atoms with Gasteiger partial charge in [0.25, 0.3) is 0 Å². The van der Waals surface area contributed by atoms with Crippen LogP contribution in [0, 0.1) is 0 Å². The van der Waals surface area contributed by atoms with Crippen LogP contribution in [0.15, 0.2) is 107 Å². The van der Waals surface area contributed by atoms with Crippen molar-refractivity contribution < 1.29 is 4.79 Å². The van der Waals surface area contributed by atoms with Crippen LogP contribution in [0.25, 0.3) is 0 Å². The van der Waals surface area contributed by atoms with Gasteiger partial charge in [-0.1, -0.05) is 56.1 Å². The maximum absolute atomic E-state index is 14.2. The minimum absolute atomic E-state index is 0.211. The zero-order chi connectivity index (χ0) is 22.3. The average Bonchev–Trinajstić information content (AvgIpc) is 2.83. The second-order valence-electron chi connectivity index (χ2n) is 7.73. The summed E-state index contributed by atoms with van der Waals surface area (Å²) < 4.78 is 2.00. The molecule has 0 aliphatic rings. The van der Waals surface area contributed by atoms with Gasteiger partial charge in [-0.3, -0.25) is 14.8 Å². The van der Waals surface area contributed by atoms with Crippen LogP contribution >= 0.6 is 31.9 Å². The molecule has 0 spiro atoms. The monoisotopic (exact) mass is 548 g/mol. The molecule has 4 rings (SSSR count). The highest BCUT2D eigenvalue weighted by Gasteiger charge is 2.30. The van der Waals surface area contributed by atoms with Crippen molar-refractivity contribution in [2.75, 3.05) is 0 Å². The lowest BCUT2D eigenvalue weighted by Crippen LogP contribution is -2.24. The van der Waals surface area contributed by atoms with Crippen LogP contribution in [0.4, 0.5) is 0 Å². The number of hydrogen-bond donors (Lipinski definition) is 0. The van der Waals surface area contributed by atoms with Crippen molar-refractivity contribution in [1.82, 2.24) is 9.97 Å². The van der Waals surface area contributed by atoms with Gasteiger partial charge < -0.3 is 0 Å². The predicted octanol–water partition coefficient (Wildman–Crippen LogP) is 6.92. The van der Waals surface area contributed by atoms with E-state index in [1.54, 1.807) is 24.8 Å². The molecule has 3 nitrogen and oxygen atoms in total. The zero-order valence-electron chi connectivity index (χ0n) is 17.4. The third-order valence-electron chi connectivity index (χ3n) is 5.61. The second kappa shape index (κ2) is 10.8. The minimum atomic E-state index is -0.263. The highest BCUT2D eigenvalue weighted by molar-refractivity contribution is 9.10. The second-order valence-corrected chi connectivity index (χ2v) is 9.56. The number of rotatable bonds is 8. The summed E-state index contributed by atoms with van der Waals surface area (Å²) >= 11 is 7.02. The molecule has 0 fully saturated rings.